The molecule has 43 heavy (non-hydrogen) atoms. The molecule has 0 saturated heterocycles. The molecule has 0 fully saturated rings. The van der Waals surface area contributed by atoms with Crippen LogP contribution in [0.3, 0.4) is 0 Å². The maximum atomic E-state index is 12.8. The Morgan fingerprint density at radius 1 is 0.930 bits per heavy atom. The van der Waals surface area contributed by atoms with Gasteiger partial charge in [-0.05, 0) is 47.6 Å². The van der Waals surface area contributed by atoms with Gasteiger partial charge >= 0.3 is 0 Å². The summed E-state index contributed by atoms with van der Waals surface area (Å²) in [5.74, 6) is 0.0869. The Morgan fingerprint density at radius 3 is 2.44 bits per heavy atom. The third kappa shape index (κ3) is 5.81. The molecule has 0 radical (unpaired) electrons. The summed E-state index contributed by atoms with van der Waals surface area (Å²) in [6, 6.07) is 27.3. The van der Waals surface area contributed by atoms with Crippen molar-refractivity contribution in [1.82, 2.24) is 19.7 Å². The Labute approximate surface area is 252 Å². The summed E-state index contributed by atoms with van der Waals surface area (Å²) in [6.45, 7) is 2.75. The zero-order valence-corrected chi connectivity index (χ0v) is 24.5. The van der Waals surface area contributed by atoms with Crippen LogP contribution in [0.25, 0.3) is 10.9 Å². The van der Waals surface area contributed by atoms with Crippen molar-refractivity contribution in [2.45, 2.75) is 50.6 Å². The van der Waals surface area contributed by atoms with Crippen molar-refractivity contribution in [3.8, 4) is 0 Å². The van der Waals surface area contributed by atoms with E-state index in [1.54, 1.807) is 0 Å². The fourth-order valence-electron chi connectivity index (χ4n) is 6.28. The molecule has 0 saturated carbocycles. The van der Waals surface area contributed by atoms with E-state index >= 15 is 0 Å². The zero-order valence-electron chi connectivity index (χ0n) is 24.5. The van der Waals surface area contributed by atoms with E-state index in [9.17, 15) is 4.79 Å². The number of aryl methyl sites for hydroxylation is 3. The SMILES string of the molecule is CCc1ccc(Cn2c(CCc3ccccc3)nnc2[C@H](Cc2c[nH]c3ccccc23)C2(N)C=CC=CC2C(N)=O)cc1. The van der Waals surface area contributed by atoms with E-state index in [2.05, 4.69) is 77.1 Å². The summed E-state index contributed by atoms with van der Waals surface area (Å²) >= 11 is 0. The smallest absolute Gasteiger partial charge is 0.226 e. The number of nitrogens with two attached hydrogens (primary N) is 2. The summed E-state index contributed by atoms with van der Waals surface area (Å²) in [7, 11) is 0. The first-order chi connectivity index (χ1) is 21.0. The minimum atomic E-state index is -1.10. The third-order valence-corrected chi connectivity index (χ3v) is 8.77. The van der Waals surface area contributed by atoms with Gasteiger partial charge in [0.2, 0.25) is 5.91 Å². The van der Waals surface area contributed by atoms with Crippen molar-refractivity contribution in [2.24, 2.45) is 17.4 Å². The van der Waals surface area contributed by atoms with Crippen molar-refractivity contribution in [3.05, 3.63) is 143 Å². The van der Waals surface area contributed by atoms with Crippen LogP contribution in [0.2, 0.25) is 0 Å². The minimum absolute atomic E-state index is 0.390. The van der Waals surface area contributed by atoms with E-state index < -0.39 is 23.3 Å². The highest BCUT2D eigenvalue weighted by atomic mass is 16.1. The number of benzene rings is 3. The van der Waals surface area contributed by atoms with Gasteiger partial charge in [-0.25, -0.2) is 0 Å². The second-order valence-electron chi connectivity index (χ2n) is 11.5. The number of amides is 1. The van der Waals surface area contributed by atoms with Crippen LogP contribution in [0.1, 0.15) is 46.7 Å². The number of fused-ring (bicyclic) bond motifs is 1. The predicted octanol–water partition coefficient (Wildman–Crippen LogP) is 5.41. The van der Waals surface area contributed by atoms with E-state index in [0.29, 0.717) is 13.0 Å². The number of nitrogens with one attached hydrogen (secondary N) is 1. The van der Waals surface area contributed by atoms with Gasteiger partial charge in [0, 0.05) is 29.4 Å². The normalized spacial score (nSPS) is 18.7. The molecule has 1 amide bonds. The maximum Gasteiger partial charge on any atom is 0.226 e. The van der Waals surface area contributed by atoms with E-state index in [-0.39, 0.29) is 0 Å². The molecule has 0 aliphatic heterocycles. The maximum absolute atomic E-state index is 12.8. The molecule has 5 aromatic rings. The lowest BCUT2D eigenvalue weighted by Gasteiger charge is -2.40. The Hall–Kier alpha value is -4.75. The molecule has 0 bridgehead atoms. The number of carbonyl (C=O) groups is 1. The van der Waals surface area contributed by atoms with E-state index in [0.717, 1.165) is 52.9 Å². The largest absolute Gasteiger partial charge is 0.369 e. The molecular formula is C36H38N6O. The van der Waals surface area contributed by atoms with E-state index in [4.69, 9.17) is 21.7 Å². The van der Waals surface area contributed by atoms with E-state index in [1.165, 1.54) is 11.1 Å². The first-order valence-electron chi connectivity index (χ1n) is 15.0. The van der Waals surface area contributed by atoms with E-state index in [1.807, 2.05) is 48.7 Å². The molecule has 218 valence electrons. The van der Waals surface area contributed by atoms with Crippen LogP contribution in [0, 0.1) is 5.92 Å². The Bertz CT molecular complexity index is 1760. The van der Waals surface area contributed by atoms with Crippen LogP contribution >= 0.6 is 0 Å². The van der Waals surface area contributed by atoms with Gasteiger partial charge < -0.3 is 21.0 Å². The number of carbonyl (C=O) groups excluding carboxylic acids is 1. The summed E-state index contributed by atoms with van der Waals surface area (Å²) in [5, 5.41) is 10.7. The second kappa shape index (κ2) is 12.2. The topological polar surface area (TPSA) is 116 Å². The molecule has 1 aliphatic rings. The first-order valence-corrected chi connectivity index (χ1v) is 15.0. The third-order valence-electron chi connectivity index (χ3n) is 8.77. The predicted molar refractivity (Wildman–Crippen MR) is 171 cm³/mol. The number of primary amides is 1. The van der Waals surface area contributed by atoms with Crippen molar-refractivity contribution >= 4 is 16.8 Å². The zero-order chi connectivity index (χ0) is 29.8. The molecule has 2 heterocycles. The highest BCUT2D eigenvalue weighted by molar-refractivity contribution is 5.84. The second-order valence-corrected chi connectivity index (χ2v) is 11.5. The lowest BCUT2D eigenvalue weighted by atomic mass is 9.69. The lowest BCUT2D eigenvalue weighted by molar-refractivity contribution is -0.122. The Morgan fingerprint density at radius 2 is 1.67 bits per heavy atom. The van der Waals surface area contributed by atoms with Gasteiger partial charge in [0.1, 0.15) is 11.6 Å². The summed E-state index contributed by atoms with van der Waals surface area (Å²) in [4.78, 5) is 16.2. The van der Waals surface area contributed by atoms with Gasteiger partial charge in [0.25, 0.3) is 0 Å². The van der Waals surface area contributed by atoms with Crippen LogP contribution in [0.15, 0.2) is 109 Å². The Balaban J connectivity index is 1.47. The molecular weight excluding hydrogens is 532 g/mol. The van der Waals surface area contributed by atoms with Crippen molar-refractivity contribution in [1.29, 1.82) is 0 Å². The van der Waals surface area contributed by atoms with Crippen molar-refractivity contribution in [3.63, 3.8) is 0 Å². The number of rotatable bonds is 11. The number of nitrogens with zero attached hydrogens (tertiary/aromatic N) is 3. The fraction of sp³-hybridized carbons (Fsp3) is 0.250. The summed E-state index contributed by atoms with van der Waals surface area (Å²) in [5.41, 5.74) is 18.0. The number of hydrogen-bond acceptors (Lipinski definition) is 4. The molecule has 7 heteroatoms. The molecule has 3 atom stereocenters. The fourth-order valence-corrected chi connectivity index (χ4v) is 6.28. The number of aromatic nitrogens is 4. The number of allylic oxidation sites excluding steroid dienone is 2. The number of H-pyrrole nitrogens is 1. The van der Waals surface area contributed by atoms with Crippen LogP contribution in [-0.4, -0.2) is 31.2 Å². The van der Waals surface area contributed by atoms with Crippen LogP contribution < -0.4 is 11.5 Å². The van der Waals surface area contributed by atoms with Crippen LogP contribution in [-0.2, 0) is 37.0 Å². The summed E-state index contributed by atoms with van der Waals surface area (Å²) in [6.07, 6.45) is 12.6. The monoisotopic (exact) mass is 570 g/mol. The number of hydrogen-bond donors (Lipinski definition) is 3. The van der Waals surface area contributed by atoms with Gasteiger partial charge in [0.05, 0.1) is 18.0 Å². The first kappa shape index (κ1) is 28.4. The molecule has 3 aromatic carbocycles. The average molecular weight is 571 g/mol. The molecule has 0 spiro atoms. The number of aromatic amines is 1. The molecule has 2 unspecified atom stereocenters. The Kier molecular flexibility index (Phi) is 8.07. The quantitative estimate of drug-likeness (QED) is 0.197. The van der Waals surface area contributed by atoms with Gasteiger partial charge in [-0.2, -0.15) is 0 Å². The highest BCUT2D eigenvalue weighted by Crippen LogP contribution is 2.40. The van der Waals surface area contributed by atoms with Gasteiger partial charge in [-0.3, -0.25) is 4.79 Å². The van der Waals surface area contributed by atoms with Crippen molar-refractivity contribution < 1.29 is 4.79 Å². The lowest BCUT2D eigenvalue weighted by Crippen LogP contribution is -2.56. The standard InChI is InChI=1S/C36H38N6O/c1-2-25-15-17-27(18-16-25)24-42-33(20-19-26-10-4-3-5-11-26)40-41-35(42)31(36(38)21-9-8-13-30(36)34(37)43)22-28-23-39-32-14-7-6-12-29(28)32/h3-18,21,23,30-31,39H,2,19-20,22,24,38H2,1H3,(H2,37,43)/t30?,31-,36?/m0/s1. The molecule has 2 aromatic heterocycles. The highest BCUT2D eigenvalue weighted by Gasteiger charge is 2.46. The molecule has 1 aliphatic carbocycles. The van der Waals surface area contributed by atoms with Gasteiger partial charge in [0.15, 0.2) is 0 Å². The molecule has 6 rings (SSSR count). The molecule has 7 nitrogen and oxygen atoms in total. The molecule has 5 N–H and O–H groups in total. The van der Waals surface area contributed by atoms with Gasteiger partial charge in [-0.1, -0.05) is 104 Å². The van der Waals surface area contributed by atoms with Crippen molar-refractivity contribution in [2.75, 3.05) is 0 Å². The minimum Gasteiger partial charge on any atom is -0.369 e. The van der Waals surface area contributed by atoms with Crippen LogP contribution in [0.5, 0.6) is 0 Å². The summed E-state index contributed by atoms with van der Waals surface area (Å²) < 4.78 is 2.21. The van der Waals surface area contributed by atoms with Gasteiger partial charge in [-0.15, -0.1) is 10.2 Å². The van der Waals surface area contributed by atoms with Crippen LogP contribution in [0.4, 0.5) is 0 Å². The average Bonchev–Trinajstić information content (AvgIpc) is 3.63. The number of para-hydroxylation sites is 1.